The number of aryl methyl sites for hydroxylation is 2. The minimum Gasteiger partial charge on any atom is -0.161 e. The third-order valence-electron chi connectivity index (χ3n) is 1.52. The molecule has 0 radical (unpaired) electrons. The van der Waals surface area contributed by atoms with Crippen LogP contribution in [-0.4, -0.2) is 4.68 Å². The van der Waals surface area contributed by atoms with Gasteiger partial charge in [0.1, 0.15) is 0 Å². The Morgan fingerprint density at radius 3 is 2.22 bits per heavy atom. The van der Waals surface area contributed by atoms with Crippen LogP contribution < -0.4 is 4.68 Å². The Morgan fingerprint density at radius 2 is 2.11 bits per heavy atom. The highest BCUT2D eigenvalue weighted by Gasteiger charge is 1.98. The van der Waals surface area contributed by atoms with E-state index in [1.807, 2.05) is 25.0 Å². The summed E-state index contributed by atoms with van der Waals surface area (Å²) in [4.78, 5) is 0. The maximum Gasteiger partial charge on any atom is 0.195 e. The fraction of sp³-hybridized carbons (Fsp3) is 0.500. The number of halogens is 1. The normalized spacial score (nSPS) is 8.78. The summed E-state index contributed by atoms with van der Waals surface area (Å²) in [6.45, 7) is 2.08. The van der Waals surface area contributed by atoms with Gasteiger partial charge in [-0.3, -0.25) is 0 Å². The first kappa shape index (κ1) is 8.94. The van der Waals surface area contributed by atoms with Crippen molar-refractivity contribution in [3.63, 3.8) is 0 Å². The lowest BCUT2D eigenvalue weighted by atomic mass is 10.5. The molecule has 0 aliphatic rings. The number of nitrogens with zero attached hydrogens (tertiary/aromatic N) is 2. The summed E-state index contributed by atoms with van der Waals surface area (Å²) in [7, 11) is 4.06. The minimum absolute atomic E-state index is 0. The zero-order chi connectivity index (χ0) is 6.15. The molecule has 0 unspecified atom stereocenters. The monoisotopic (exact) mass is 239 g/mol. The smallest absolute Gasteiger partial charge is 0.161 e. The summed E-state index contributed by atoms with van der Waals surface area (Å²) in [5.41, 5.74) is 1.28. The highest BCUT2D eigenvalue weighted by atomic mass is 127. The molecule has 0 saturated heterocycles. The maximum absolute atomic E-state index is 2.08. The molecule has 1 heterocycles. The first-order valence-electron chi connectivity index (χ1n) is 2.70. The van der Waals surface area contributed by atoms with Crippen LogP contribution in [-0.2, 0) is 14.1 Å². The van der Waals surface area contributed by atoms with Gasteiger partial charge in [-0.05, 0) is 6.92 Å². The predicted octanol–water partition coefficient (Wildman–Crippen LogP) is 0.776. The van der Waals surface area contributed by atoms with E-state index in [9.17, 15) is 0 Å². The van der Waals surface area contributed by atoms with Gasteiger partial charge in [0.25, 0.3) is 0 Å². The van der Waals surface area contributed by atoms with Gasteiger partial charge < -0.3 is 0 Å². The molecular weight excluding hydrogens is 227 g/mol. The highest BCUT2D eigenvalue weighted by molar-refractivity contribution is 14.0. The molecule has 0 aliphatic carbocycles. The molecule has 9 heavy (non-hydrogen) atoms. The van der Waals surface area contributed by atoms with E-state index in [4.69, 9.17) is 0 Å². The van der Waals surface area contributed by atoms with Crippen molar-refractivity contribution in [2.75, 3.05) is 0 Å². The molecule has 0 spiro atoms. The van der Waals surface area contributed by atoms with Crippen LogP contribution in [0.2, 0.25) is 0 Å². The van der Waals surface area contributed by atoms with Crippen molar-refractivity contribution >= 4 is 24.0 Å². The molecule has 0 fully saturated rings. The van der Waals surface area contributed by atoms with E-state index < -0.39 is 0 Å². The Balaban J connectivity index is 0.000000640. The zero-order valence-electron chi connectivity index (χ0n) is 5.96. The van der Waals surface area contributed by atoms with E-state index in [1.165, 1.54) is 5.69 Å². The van der Waals surface area contributed by atoms with Crippen LogP contribution in [0.5, 0.6) is 0 Å². The Hall–Kier alpha value is -0.0600. The van der Waals surface area contributed by atoms with Gasteiger partial charge in [-0.1, -0.05) is 0 Å². The van der Waals surface area contributed by atoms with Gasteiger partial charge in [0.05, 0.1) is 12.7 Å². The number of rotatable bonds is 0. The van der Waals surface area contributed by atoms with Gasteiger partial charge in [-0.25, -0.2) is 0 Å². The van der Waals surface area contributed by atoms with E-state index in [0.717, 1.165) is 0 Å². The molecule has 52 valence electrons. The lowest BCUT2D eigenvalue weighted by Gasteiger charge is -1.88. The summed E-state index contributed by atoms with van der Waals surface area (Å²) >= 11 is 0. The van der Waals surface area contributed by atoms with Crippen LogP contribution in [0.3, 0.4) is 0 Å². The maximum atomic E-state index is 2.08. The van der Waals surface area contributed by atoms with Crippen molar-refractivity contribution in [3.8, 4) is 0 Å². The third kappa shape index (κ3) is 1.67. The molecule has 0 aliphatic heterocycles. The molecular formula is C6H12IN2+. The molecule has 1 rings (SSSR count). The van der Waals surface area contributed by atoms with Gasteiger partial charge in [0.15, 0.2) is 13.2 Å². The van der Waals surface area contributed by atoms with Gasteiger partial charge in [-0.15, -0.1) is 28.7 Å². The fourth-order valence-corrected chi connectivity index (χ4v) is 0.672. The summed E-state index contributed by atoms with van der Waals surface area (Å²) in [6.07, 6.45) is 2.04. The second-order valence-corrected chi connectivity index (χ2v) is 2.05. The summed E-state index contributed by atoms with van der Waals surface area (Å²) in [5.74, 6) is 0. The van der Waals surface area contributed by atoms with Crippen molar-refractivity contribution in [3.05, 3.63) is 18.0 Å². The Morgan fingerprint density at radius 1 is 1.56 bits per heavy atom. The van der Waals surface area contributed by atoms with E-state index in [2.05, 4.69) is 17.7 Å². The van der Waals surface area contributed by atoms with Crippen LogP contribution in [0.25, 0.3) is 0 Å². The summed E-state index contributed by atoms with van der Waals surface area (Å²) in [6, 6.07) is 2.08. The zero-order valence-corrected chi connectivity index (χ0v) is 8.29. The average Bonchev–Trinajstić information content (AvgIpc) is 1.98. The van der Waals surface area contributed by atoms with Gasteiger partial charge in [0.2, 0.25) is 0 Å². The fourth-order valence-electron chi connectivity index (χ4n) is 0.672. The van der Waals surface area contributed by atoms with Crippen molar-refractivity contribution in [2.45, 2.75) is 6.92 Å². The molecule has 0 atom stereocenters. The lowest BCUT2D eigenvalue weighted by molar-refractivity contribution is -0.751. The number of hydrogen-bond acceptors (Lipinski definition) is 0. The predicted molar refractivity (Wildman–Crippen MR) is 46.7 cm³/mol. The second kappa shape index (κ2) is 3.20. The summed E-state index contributed by atoms with van der Waals surface area (Å²) in [5, 5.41) is 0. The molecule has 0 N–H and O–H groups in total. The first-order chi connectivity index (χ1) is 3.72. The SMILES string of the molecule is Cc1cc[n+](C)n1C.I. The Labute approximate surface area is 72.5 Å². The van der Waals surface area contributed by atoms with Gasteiger partial charge in [0, 0.05) is 6.07 Å². The average molecular weight is 239 g/mol. The summed E-state index contributed by atoms with van der Waals surface area (Å²) < 4.78 is 4.12. The van der Waals surface area contributed by atoms with Crippen molar-refractivity contribution < 1.29 is 4.68 Å². The molecule has 3 heteroatoms. The topological polar surface area (TPSA) is 8.81 Å². The lowest BCUT2D eigenvalue weighted by Crippen LogP contribution is -2.36. The van der Waals surface area contributed by atoms with Gasteiger partial charge >= 0.3 is 0 Å². The molecule has 0 saturated carbocycles. The molecule has 0 amide bonds. The van der Waals surface area contributed by atoms with Crippen LogP contribution in [0.4, 0.5) is 0 Å². The molecule has 1 aromatic heterocycles. The van der Waals surface area contributed by atoms with E-state index in [0.29, 0.717) is 0 Å². The number of aromatic nitrogens is 2. The minimum atomic E-state index is 0. The van der Waals surface area contributed by atoms with E-state index >= 15 is 0 Å². The van der Waals surface area contributed by atoms with Crippen LogP contribution >= 0.6 is 24.0 Å². The van der Waals surface area contributed by atoms with Crippen LogP contribution in [0.15, 0.2) is 12.3 Å². The van der Waals surface area contributed by atoms with Crippen molar-refractivity contribution in [1.29, 1.82) is 0 Å². The standard InChI is InChI=1S/C6H11N2.HI/c1-6-4-5-7(2)8(6)3;/h4-5H,1-3H3;1H/q+1;. The quantitative estimate of drug-likeness (QED) is 0.467. The van der Waals surface area contributed by atoms with Crippen LogP contribution in [0.1, 0.15) is 5.69 Å². The van der Waals surface area contributed by atoms with Crippen LogP contribution in [0, 0.1) is 6.92 Å². The molecule has 0 aromatic carbocycles. The molecule has 0 bridgehead atoms. The largest absolute Gasteiger partial charge is 0.195 e. The number of hydrogen-bond donors (Lipinski definition) is 0. The molecule has 1 aromatic rings. The second-order valence-electron chi connectivity index (χ2n) is 2.05. The van der Waals surface area contributed by atoms with E-state index in [1.54, 1.807) is 0 Å². The Bertz CT molecular complexity index is 173. The Kier molecular flexibility index (Phi) is 3.17. The molecule has 2 nitrogen and oxygen atoms in total. The van der Waals surface area contributed by atoms with Gasteiger partial charge in [-0.2, -0.15) is 4.68 Å². The highest BCUT2D eigenvalue weighted by Crippen LogP contribution is 1.86. The first-order valence-corrected chi connectivity index (χ1v) is 2.70. The van der Waals surface area contributed by atoms with E-state index in [-0.39, 0.29) is 24.0 Å². The van der Waals surface area contributed by atoms with Crippen molar-refractivity contribution in [1.82, 2.24) is 4.68 Å². The van der Waals surface area contributed by atoms with Crippen molar-refractivity contribution in [2.24, 2.45) is 14.1 Å². The third-order valence-corrected chi connectivity index (χ3v) is 1.52.